The molecule has 112 valence electrons. The number of nitrogens with one attached hydrogen (secondary N) is 4. The lowest BCUT2D eigenvalue weighted by Crippen LogP contribution is -2.20. The molecule has 0 aromatic heterocycles. The van der Waals surface area contributed by atoms with Crippen LogP contribution in [0.2, 0.25) is 0 Å². The van der Waals surface area contributed by atoms with E-state index in [2.05, 4.69) is 10.6 Å². The molecule has 0 saturated heterocycles. The standard InChI is InChI=1S/C16H17N5O/c1-10(17)11-4-2-6-13(8-11)20-16(22)21-14-7-3-5-12(9-14)15(18)19/h2-9,17H,1H3,(H3,18,19)(H2,20,21,22). The monoisotopic (exact) mass is 295 g/mol. The number of anilines is 2. The van der Waals surface area contributed by atoms with Gasteiger partial charge in [0.15, 0.2) is 0 Å². The summed E-state index contributed by atoms with van der Waals surface area (Å²) < 4.78 is 0. The average molecular weight is 295 g/mol. The van der Waals surface area contributed by atoms with Crippen molar-refractivity contribution in [3.63, 3.8) is 0 Å². The first kappa shape index (κ1) is 15.2. The van der Waals surface area contributed by atoms with Crippen LogP contribution in [0.5, 0.6) is 0 Å². The summed E-state index contributed by atoms with van der Waals surface area (Å²) in [5.41, 5.74) is 8.28. The summed E-state index contributed by atoms with van der Waals surface area (Å²) in [6, 6.07) is 13.4. The number of amidine groups is 1. The fraction of sp³-hybridized carbons (Fsp3) is 0.0625. The number of amides is 2. The lowest BCUT2D eigenvalue weighted by molar-refractivity contribution is 0.262. The molecular formula is C16H17N5O. The molecule has 2 aromatic rings. The maximum Gasteiger partial charge on any atom is 0.323 e. The third-order valence-corrected chi connectivity index (χ3v) is 2.98. The highest BCUT2D eigenvalue weighted by atomic mass is 16.2. The summed E-state index contributed by atoms with van der Waals surface area (Å²) in [5.74, 6) is -0.0572. The van der Waals surface area contributed by atoms with E-state index in [4.69, 9.17) is 16.6 Å². The van der Waals surface area contributed by atoms with Crippen molar-refractivity contribution >= 4 is 29.0 Å². The molecule has 0 saturated carbocycles. The highest BCUT2D eigenvalue weighted by Crippen LogP contribution is 2.13. The van der Waals surface area contributed by atoms with Crippen molar-refractivity contribution in [1.29, 1.82) is 10.8 Å². The van der Waals surface area contributed by atoms with Crippen LogP contribution in [0.25, 0.3) is 0 Å². The summed E-state index contributed by atoms with van der Waals surface area (Å²) in [4.78, 5) is 12.0. The molecule has 0 radical (unpaired) electrons. The van der Waals surface area contributed by atoms with Crippen molar-refractivity contribution in [2.45, 2.75) is 6.92 Å². The molecule has 2 aromatic carbocycles. The predicted molar refractivity (Wildman–Crippen MR) is 89.0 cm³/mol. The van der Waals surface area contributed by atoms with Crippen LogP contribution in [0.15, 0.2) is 48.5 Å². The van der Waals surface area contributed by atoms with E-state index in [1.165, 1.54) is 0 Å². The highest BCUT2D eigenvalue weighted by molar-refractivity contribution is 6.03. The van der Waals surface area contributed by atoms with E-state index >= 15 is 0 Å². The van der Waals surface area contributed by atoms with Gasteiger partial charge in [-0.2, -0.15) is 0 Å². The van der Waals surface area contributed by atoms with Crippen LogP contribution >= 0.6 is 0 Å². The van der Waals surface area contributed by atoms with Gasteiger partial charge in [-0.3, -0.25) is 5.41 Å². The second kappa shape index (κ2) is 6.53. The Morgan fingerprint density at radius 3 is 1.95 bits per heavy atom. The zero-order chi connectivity index (χ0) is 16.1. The second-order valence-corrected chi connectivity index (χ2v) is 4.78. The SMILES string of the molecule is CC(=N)c1cccc(NC(=O)Nc2cccc(C(=N)N)c2)c1. The zero-order valence-electron chi connectivity index (χ0n) is 12.1. The Balaban J connectivity index is 2.07. The minimum atomic E-state index is -0.402. The van der Waals surface area contributed by atoms with Gasteiger partial charge in [0.2, 0.25) is 0 Å². The summed E-state index contributed by atoms with van der Waals surface area (Å²) in [6.45, 7) is 1.69. The highest BCUT2D eigenvalue weighted by Gasteiger charge is 2.05. The fourth-order valence-corrected chi connectivity index (χ4v) is 1.89. The van der Waals surface area contributed by atoms with Gasteiger partial charge in [0.25, 0.3) is 0 Å². The molecular weight excluding hydrogens is 278 g/mol. The Morgan fingerprint density at radius 1 is 0.955 bits per heavy atom. The first-order valence-corrected chi connectivity index (χ1v) is 6.64. The largest absolute Gasteiger partial charge is 0.384 e. The van der Waals surface area contributed by atoms with Crippen molar-refractivity contribution < 1.29 is 4.79 Å². The Kier molecular flexibility index (Phi) is 4.53. The minimum absolute atomic E-state index is 0.0572. The molecule has 2 rings (SSSR count). The third kappa shape index (κ3) is 3.92. The van der Waals surface area contributed by atoms with Gasteiger partial charge in [-0.05, 0) is 36.8 Å². The first-order chi connectivity index (χ1) is 10.5. The van der Waals surface area contributed by atoms with Gasteiger partial charge in [0.1, 0.15) is 5.84 Å². The van der Waals surface area contributed by atoms with E-state index in [9.17, 15) is 4.79 Å². The average Bonchev–Trinajstić information content (AvgIpc) is 2.47. The molecule has 6 nitrogen and oxygen atoms in total. The number of hydrogen-bond acceptors (Lipinski definition) is 3. The number of nitrogen functional groups attached to an aromatic ring is 1. The van der Waals surface area contributed by atoms with Crippen LogP contribution in [0.3, 0.4) is 0 Å². The van der Waals surface area contributed by atoms with Crippen LogP contribution < -0.4 is 16.4 Å². The van der Waals surface area contributed by atoms with Gasteiger partial charge in [-0.1, -0.05) is 24.3 Å². The van der Waals surface area contributed by atoms with Crippen molar-refractivity contribution in [2.75, 3.05) is 10.6 Å². The maximum absolute atomic E-state index is 12.0. The Bertz CT molecular complexity index is 677. The summed E-state index contributed by atoms with van der Waals surface area (Å²) >= 11 is 0. The van der Waals surface area contributed by atoms with E-state index in [-0.39, 0.29) is 5.84 Å². The number of urea groups is 1. The molecule has 22 heavy (non-hydrogen) atoms. The van der Waals surface area contributed by atoms with Crippen LogP contribution in [0, 0.1) is 10.8 Å². The molecule has 0 fully saturated rings. The Hall–Kier alpha value is -3.15. The number of benzene rings is 2. The molecule has 0 unspecified atom stereocenters. The number of carbonyl (C=O) groups excluding carboxylic acids is 1. The Morgan fingerprint density at radius 2 is 1.45 bits per heavy atom. The lowest BCUT2D eigenvalue weighted by atomic mass is 10.1. The molecule has 6 heteroatoms. The van der Waals surface area contributed by atoms with E-state index < -0.39 is 6.03 Å². The van der Waals surface area contributed by atoms with Crippen molar-refractivity contribution in [2.24, 2.45) is 5.73 Å². The molecule has 0 spiro atoms. The number of nitrogens with two attached hydrogens (primary N) is 1. The number of hydrogen-bond donors (Lipinski definition) is 5. The first-order valence-electron chi connectivity index (χ1n) is 6.64. The molecule has 0 aliphatic carbocycles. The maximum atomic E-state index is 12.0. The molecule has 0 aliphatic heterocycles. The second-order valence-electron chi connectivity index (χ2n) is 4.78. The van der Waals surface area contributed by atoms with Crippen LogP contribution in [-0.2, 0) is 0 Å². The van der Waals surface area contributed by atoms with E-state index in [0.717, 1.165) is 5.56 Å². The van der Waals surface area contributed by atoms with E-state index in [1.54, 1.807) is 49.4 Å². The fourth-order valence-electron chi connectivity index (χ4n) is 1.89. The molecule has 0 heterocycles. The summed E-state index contributed by atoms with van der Waals surface area (Å²) in [7, 11) is 0. The number of carbonyl (C=O) groups is 1. The van der Waals surface area contributed by atoms with E-state index in [0.29, 0.717) is 22.6 Å². The Labute approximate surface area is 128 Å². The van der Waals surface area contributed by atoms with Crippen molar-refractivity contribution in [1.82, 2.24) is 0 Å². The molecule has 6 N–H and O–H groups in total. The number of rotatable bonds is 4. The van der Waals surface area contributed by atoms with Gasteiger partial charge in [-0.25, -0.2) is 4.79 Å². The van der Waals surface area contributed by atoms with E-state index in [1.807, 2.05) is 6.07 Å². The van der Waals surface area contributed by atoms with Gasteiger partial charge >= 0.3 is 6.03 Å². The van der Waals surface area contributed by atoms with Crippen molar-refractivity contribution in [3.05, 3.63) is 59.7 Å². The zero-order valence-corrected chi connectivity index (χ0v) is 12.1. The van der Waals surface area contributed by atoms with Gasteiger partial charge in [0.05, 0.1) is 0 Å². The minimum Gasteiger partial charge on any atom is -0.384 e. The van der Waals surface area contributed by atoms with Gasteiger partial charge < -0.3 is 21.8 Å². The topological polar surface area (TPSA) is 115 Å². The van der Waals surface area contributed by atoms with Gasteiger partial charge in [-0.15, -0.1) is 0 Å². The lowest BCUT2D eigenvalue weighted by Gasteiger charge is -2.09. The molecule has 0 aliphatic rings. The van der Waals surface area contributed by atoms with Crippen molar-refractivity contribution in [3.8, 4) is 0 Å². The smallest absolute Gasteiger partial charge is 0.323 e. The van der Waals surface area contributed by atoms with Gasteiger partial charge in [0, 0.05) is 22.6 Å². The quantitative estimate of drug-likeness (QED) is 0.441. The molecule has 2 amide bonds. The summed E-state index contributed by atoms with van der Waals surface area (Å²) in [5, 5.41) is 20.4. The normalized spacial score (nSPS) is 9.86. The third-order valence-electron chi connectivity index (χ3n) is 2.98. The van der Waals surface area contributed by atoms with Crippen LogP contribution in [0.4, 0.5) is 16.2 Å². The summed E-state index contributed by atoms with van der Waals surface area (Å²) in [6.07, 6.45) is 0. The van der Waals surface area contributed by atoms with Crippen LogP contribution in [0.1, 0.15) is 18.1 Å². The molecule has 0 bridgehead atoms. The predicted octanol–water partition coefficient (Wildman–Crippen LogP) is 3.00. The molecule has 0 atom stereocenters. The van der Waals surface area contributed by atoms with Crippen LogP contribution in [-0.4, -0.2) is 17.6 Å².